The average molecular weight is 270 g/mol. The highest BCUT2D eigenvalue weighted by Crippen LogP contribution is 2.32. The molecule has 0 amide bonds. The second-order valence-electron chi connectivity index (χ2n) is 4.58. The van der Waals surface area contributed by atoms with Gasteiger partial charge in [0.05, 0.1) is 18.6 Å². The van der Waals surface area contributed by atoms with Gasteiger partial charge in [-0.05, 0) is 18.1 Å². The molecular formula is C14H20ClNO2. The van der Waals surface area contributed by atoms with Crippen LogP contribution < -0.4 is 10.1 Å². The van der Waals surface area contributed by atoms with E-state index in [1.54, 1.807) is 7.11 Å². The zero-order chi connectivity index (χ0) is 12.8. The number of nitrogens with one attached hydrogen (secondary N) is 1. The van der Waals surface area contributed by atoms with Crippen molar-refractivity contribution in [1.29, 1.82) is 0 Å². The Balaban J connectivity index is 1.84. The molecule has 0 saturated carbocycles. The first kappa shape index (κ1) is 13.7. The van der Waals surface area contributed by atoms with Crippen LogP contribution in [0.4, 0.5) is 0 Å². The van der Waals surface area contributed by atoms with Crippen LogP contribution in [0.2, 0.25) is 0 Å². The summed E-state index contributed by atoms with van der Waals surface area (Å²) in [6.45, 7) is 3.09. The third kappa shape index (κ3) is 3.61. The lowest BCUT2D eigenvalue weighted by Gasteiger charge is -2.26. The summed E-state index contributed by atoms with van der Waals surface area (Å²) >= 11 is 6.09. The number of ether oxygens (including phenoxy) is 2. The van der Waals surface area contributed by atoms with Gasteiger partial charge in [-0.3, -0.25) is 0 Å². The van der Waals surface area contributed by atoms with Gasteiger partial charge in [-0.2, -0.15) is 0 Å². The molecule has 0 saturated heterocycles. The number of hydrogen-bond acceptors (Lipinski definition) is 3. The van der Waals surface area contributed by atoms with Crippen LogP contribution in [0.1, 0.15) is 17.9 Å². The fourth-order valence-electron chi connectivity index (χ4n) is 2.28. The Morgan fingerprint density at radius 1 is 1.50 bits per heavy atom. The van der Waals surface area contributed by atoms with Gasteiger partial charge in [0, 0.05) is 26.1 Å². The largest absolute Gasteiger partial charge is 0.493 e. The van der Waals surface area contributed by atoms with E-state index in [-0.39, 0.29) is 5.38 Å². The maximum absolute atomic E-state index is 6.09. The van der Waals surface area contributed by atoms with E-state index < -0.39 is 0 Å². The van der Waals surface area contributed by atoms with Crippen molar-refractivity contribution >= 4 is 11.6 Å². The fraction of sp³-hybridized carbons (Fsp3) is 0.571. The van der Waals surface area contributed by atoms with Gasteiger partial charge < -0.3 is 14.8 Å². The molecule has 0 aromatic heterocycles. The van der Waals surface area contributed by atoms with Crippen molar-refractivity contribution in [3.05, 3.63) is 29.8 Å². The van der Waals surface area contributed by atoms with Crippen LogP contribution in [-0.4, -0.2) is 38.8 Å². The summed E-state index contributed by atoms with van der Waals surface area (Å²) in [5.74, 6) is 1.54. The molecule has 1 aliphatic heterocycles. The molecule has 18 heavy (non-hydrogen) atoms. The zero-order valence-electron chi connectivity index (χ0n) is 10.7. The van der Waals surface area contributed by atoms with Gasteiger partial charge in [-0.1, -0.05) is 18.2 Å². The van der Waals surface area contributed by atoms with Gasteiger partial charge in [-0.15, -0.1) is 11.6 Å². The molecule has 0 aliphatic carbocycles. The lowest BCUT2D eigenvalue weighted by Crippen LogP contribution is -2.31. The Morgan fingerprint density at radius 2 is 2.33 bits per heavy atom. The number of para-hydroxylation sites is 1. The summed E-state index contributed by atoms with van der Waals surface area (Å²) in [5.41, 5.74) is 1.30. The van der Waals surface area contributed by atoms with Crippen LogP contribution in [0.5, 0.6) is 5.75 Å². The molecule has 2 rings (SSSR count). The Bertz CT molecular complexity index is 373. The van der Waals surface area contributed by atoms with Crippen LogP contribution in [0.3, 0.4) is 0 Å². The number of alkyl halides is 1. The van der Waals surface area contributed by atoms with Crippen LogP contribution in [0.15, 0.2) is 24.3 Å². The lowest BCUT2D eigenvalue weighted by atomic mass is 9.93. The summed E-state index contributed by atoms with van der Waals surface area (Å²) in [5, 5.41) is 3.45. The van der Waals surface area contributed by atoms with Crippen molar-refractivity contribution in [2.24, 2.45) is 0 Å². The maximum Gasteiger partial charge on any atom is 0.122 e. The minimum absolute atomic E-state index is 0.0325. The van der Waals surface area contributed by atoms with Crippen molar-refractivity contribution < 1.29 is 9.47 Å². The normalized spacial score (nSPS) is 20.0. The van der Waals surface area contributed by atoms with E-state index in [0.717, 1.165) is 31.9 Å². The average Bonchev–Trinajstić information content (AvgIpc) is 2.39. The molecule has 0 bridgehead atoms. The van der Waals surface area contributed by atoms with Crippen LogP contribution in [0.25, 0.3) is 0 Å². The number of benzene rings is 1. The van der Waals surface area contributed by atoms with E-state index in [1.165, 1.54) is 5.56 Å². The molecule has 0 fully saturated rings. The van der Waals surface area contributed by atoms with Crippen molar-refractivity contribution in [3.63, 3.8) is 0 Å². The second kappa shape index (κ2) is 6.98. The van der Waals surface area contributed by atoms with E-state index in [0.29, 0.717) is 12.5 Å². The highest BCUT2D eigenvalue weighted by atomic mass is 35.5. The standard InChI is InChI=1S/C14H20ClNO2/c1-17-10-12(15)9-16-8-11-6-7-18-14-5-3-2-4-13(11)14/h2-5,11-12,16H,6-10H2,1H3. The SMILES string of the molecule is COCC(Cl)CNCC1CCOc2ccccc21. The van der Waals surface area contributed by atoms with Crippen molar-refractivity contribution in [3.8, 4) is 5.75 Å². The van der Waals surface area contributed by atoms with Crippen LogP contribution >= 0.6 is 11.6 Å². The topological polar surface area (TPSA) is 30.5 Å². The maximum atomic E-state index is 6.09. The van der Waals surface area contributed by atoms with Crippen molar-refractivity contribution in [2.45, 2.75) is 17.7 Å². The van der Waals surface area contributed by atoms with Gasteiger partial charge in [0.25, 0.3) is 0 Å². The van der Waals surface area contributed by atoms with E-state index in [2.05, 4.69) is 17.4 Å². The lowest BCUT2D eigenvalue weighted by molar-refractivity contribution is 0.196. The first-order chi connectivity index (χ1) is 8.81. The number of halogens is 1. The molecule has 1 aromatic rings. The highest BCUT2D eigenvalue weighted by molar-refractivity contribution is 6.20. The van der Waals surface area contributed by atoms with E-state index in [9.17, 15) is 0 Å². The van der Waals surface area contributed by atoms with Gasteiger partial charge in [-0.25, -0.2) is 0 Å². The summed E-state index contributed by atoms with van der Waals surface area (Å²) in [7, 11) is 1.67. The Hall–Kier alpha value is -0.770. The molecule has 3 nitrogen and oxygen atoms in total. The molecule has 1 N–H and O–H groups in total. The number of fused-ring (bicyclic) bond motifs is 1. The third-order valence-electron chi connectivity index (χ3n) is 3.19. The fourth-order valence-corrected chi connectivity index (χ4v) is 2.52. The molecular weight excluding hydrogens is 250 g/mol. The summed E-state index contributed by atoms with van der Waals surface area (Å²) in [6.07, 6.45) is 1.06. The first-order valence-electron chi connectivity index (χ1n) is 6.36. The summed E-state index contributed by atoms with van der Waals surface area (Å²) < 4.78 is 10.7. The van der Waals surface area contributed by atoms with E-state index >= 15 is 0 Å². The van der Waals surface area contributed by atoms with Gasteiger partial charge in [0.15, 0.2) is 0 Å². The van der Waals surface area contributed by atoms with Crippen molar-refractivity contribution in [1.82, 2.24) is 5.32 Å². The smallest absolute Gasteiger partial charge is 0.122 e. The molecule has 1 heterocycles. The Kier molecular flexibility index (Phi) is 5.29. The highest BCUT2D eigenvalue weighted by Gasteiger charge is 2.20. The number of methoxy groups -OCH3 is 1. The number of hydrogen-bond donors (Lipinski definition) is 1. The Labute approximate surface area is 113 Å². The molecule has 0 radical (unpaired) electrons. The zero-order valence-corrected chi connectivity index (χ0v) is 11.5. The van der Waals surface area contributed by atoms with Crippen LogP contribution in [0, 0.1) is 0 Å². The Morgan fingerprint density at radius 3 is 3.17 bits per heavy atom. The minimum Gasteiger partial charge on any atom is -0.493 e. The summed E-state index contributed by atoms with van der Waals surface area (Å²) in [6, 6.07) is 8.27. The van der Waals surface area contributed by atoms with E-state index in [4.69, 9.17) is 21.1 Å². The monoisotopic (exact) mass is 269 g/mol. The summed E-state index contributed by atoms with van der Waals surface area (Å²) in [4.78, 5) is 0. The molecule has 2 unspecified atom stereocenters. The predicted molar refractivity (Wildman–Crippen MR) is 73.7 cm³/mol. The molecule has 100 valence electrons. The second-order valence-corrected chi connectivity index (χ2v) is 5.20. The molecule has 2 atom stereocenters. The first-order valence-corrected chi connectivity index (χ1v) is 6.80. The predicted octanol–water partition coefficient (Wildman–Crippen LogP) is 2.40. The quantitative estimate of drug-likeness (QED) is 0.805. The molecule has 1 aromatic carbocycles. The molecule has 0 spiro atoms. The van der Waals surface area contributed by atoms with Crippen LogP contribution in [-0.2, 0) is 4.74 Å². The van der Waals surface area contributed by atoms with Gasteiger partial charge in [0.2, 0.25) is 0 Å². The molecule has 1 aliphatic rings. The third-order valence-corrected chi connectivity index (χ3v) is 3.47. The van der Waals surface area contributed by atoms with Gasteiger partial charge in [0.1, 0.15) is 5.75 Å². The minimum atomic E-state index is 0.0325. The number of rotatable bonds is 6. The van der Waals surface area contributed by atoms with Crippen molar-refractivity contribution in [2.75, 3.05) is 33.4 Å². The van der Waals surface area contributed by atoms with E-state index in [1.807, 2.05) is 12.1 Å². The molecule has 4 heteroatoms. The van der Waals surface area contributed by atoms with Gasteiger partial charge >= 0.3 is 0 Å².